The molecular formula is C20H19ClN4O5S2. The Morgan fingerprint density at radius 2 is 1.84 bits per heavy atom. The van der Waals surface area contributed by atoms with E-state index in [1.807, 2.05) is 24.3 Å². The van der Waals surface area contributed by atoms with Crippen molar-refractivity contribution in [3.63, 3.8) is 0 Å². The number of nitrogens with two attached hydrogens (primary N) is 1. The van der Waals surface area contributed by atoms with E-state index in [9.17, 15) is 13.5 Å². The highest BCUT2D eigenvalue weighted by atomic mass is 35.5. The summed E-state index contributed by atoms with van der Waals surface area (Å²) in [5.74, 6) is -0.0102. The summed E-state index contributed by atoms with van der Waals surface area (Å²) in [6.07, 6.45) is 0. The van der Waals surface area contributed by atoms with Gasteiger partial charge in [0.15, 0.2) is 5.82 Å². The van der Waals surface area contributed by atoms with Gasteiger partial charge in [0.2, 0.25) is 0 Å². The molecule has 9 nitrogen and oxygen atoms in total. The third-order valence-electron chi connectivity index (χ3n) is 4.36. The van der Waals surface area contributed by atoms with Gasteiger partial charge in [0.1, 0.15) is 9.96 Å². The van der Waals surface area contributed by atoms with E-state index in [2.05, 4.69) is 9.82 Å². The van der Waals surface area contributed by atoms with Crippen molar-refractivity contribution in [1.82, 2.24) is 9.78 Å². The first-order valence-electron chi connectivity index (χ1n) is 9.11. The highest BCUT2D eigenvalue weighted by molar-refractivity contribution is 7.94. The second kappa shape index (κ2) is 10.0. The van der Waals surface area contributed by atoms with Crippen molar-refractivity contribution in [3.8, 4) is 5.75 Å². The molecule has 2 heterocycles. The van der Waals surface area contributed by atoms with Gasteiger partial charge in [-0.05, 0) is 35.4 Å². The van der Waals surface area contributed by atoms with Gasteiger partial charge in [-0.1, -0.05) is 41.9 Å². The molecule has 5 N–H and O–H groups in total. The van der Waals surface area contributed by atoms with Gasteiger partial charge in [0, 0.05) is 6.54 Å². The number of thiophene rings is 1. The Bertz CT molecular complexity index is 1350. The quantitative estimate of drug-likeness (QED) is 0.300. The topological polar surface area (TPSA) is 148 Å². The molecular weight excluding hydrogens is 476 g/mol. The minimum absolute atomic E-state index is 0.0533. The van der Waals surface area contributed by atoms with Gasteiger partial charge < -0.3 is 15.9 Å². The number of hydrogen-bond acceptors (Lipinski definition) is 7. The number of nitrogens with one attached hydrogen (secondary N) is 1. The van der Waals surface area contributed by atoms with Crippen LogP contribution >= 0.6 is 22.9 Å². The number of anilines is 1. The Kier molecular flexibility index (Phi) is 7.36. The van der Waals surface area contributed by atoms with Crippen molar-refractivity contribution in [2.75, 3.05) is 4.72 Å². The summed E-state index contributed by atoms with van der Waals surface area (Å²) in [5.41, 5.74) is 8.26. The lowest BCUT2D eigenvalue weighted by atomic mass is 10.1. The predicted molar refractivity (Wildman–Crippen MR) is 124 cm³/mol. The van der Waals surface area contributed by atoms with Crippen LogP contribution in [-0.4, -0.2) is 34.9 Å². The summed E-state index contributed by atoms with van der Waals surface area (Å²) in [5, 5.41) is 22.0. The van der Waals surface area contributed by atoms with Gasteiger partial charge in [0.05, 0.1) is 21.8 Å². The van der Waals surface area contributed by atoms with E-state index < -0.39 is 10.0 Å². The average Bonchev–Trinajstić information content (AvgIpc) is 3.34. The van der Waals surface area contributed by atoms with Crippen molar-refractivity contribution in [1.29, 1.82) is 0 Å². The van der Waals surface area contributed by atoms with Crippen LogP contribution in [0.2, 0.25) is 4.34 Å². The van der Waals surface area contributed by atoms with Gasteiger partial charge in [-0.3, -0.25) is 14.2 Å². The normalized spacial score (nSPS) is 11.1. The molecule has 0 spiro atoms. The number of rotatable bonds is 6. The Morgan fingerprint density at radius 3 is 2.50 bits per heavy atom. The lowest BCUT2D eigenvalue weighted by Gasteiger charge is -2.06. The molecule has 2 aromatic heterocycles. The largest absolute Gasteiger partial charge is 0.507 e. The van der Waals surface area contributed by atoms with Crippen LogP contribution in [-0.2, 0) is 27.9 Å². The molecule has 4 aromatic rings. The SMILES string of the molecule is NCc1cccc(Cn2nc(NS(=O)(=O)c3ccc(Cl)s3)c3c(O)cccc32)c1.O=CO. The van der Waals surface area contributed by atoms with Gasteiger partial charge in [-0.25, -0.2) is 8.42 Å². The molecule has 0 amide bonds. The number of aromatic nitrogens is 2. The standard InChI is InChI=1S/C19H17ClN4O3S2.CH2O2/c20-16-7-8-17(28-16)29(26,27)23-19-18-14(5-2-6-15(18)25)24(22-19)11-13-4-1-3-12(9-13)10-21;2-1-3/h1-9,25H,10-11,21H2,(H,22,23);1H,(H,2,3). The summed E-state index contributed by atoms with van der Waals surface area (Å²) in [6, 6.07) is 15.6. The van der Waals surface area contributed by atoms with Crippen molar-refractivity contribution in [3.05, 3.63) is 70.1 Å². The molecule has 0 fully saturated rings. The molecule has 0 aliphatic carbocycles. The first kappa shape index (κ1) is 23.5. The van der Waals surface area contributed by atoms with Crippen LogP contribution < -0.4 is 10.5 Å². The lowest BCUT2D eigenvalue weighted by Crippen LogP contribution is -2.12. The zero-order chi connectivity index (χ0) is 23.3. The van der Waals surface area contributed by atoms with E-state index in [1.54, 1.807) is 16.8 Å². The fourth-order valence-electron chi connectivity index (χ4n) is 3.05. The van der Waals surface area contributed by atoms with Crippen molar-refractivity contribution in [2.24, 2.45) is 5.73 Å². The number of carboxylic acid groups (broad SMARTS) is 1. The molecule has 168 valence electrons. The number of aromatic hydroxyl groups is 1. The Hall–Kier alpha value is -3.12. The molecule has 0 saturated carbocycles. The zero-order valence-electron chi connectivity index (χ0n) is 16.5. The van der Waals surface area contributed by atoms with Crippen molar-refractivity contribution < 1.29 is 23.4 Å². The summed E-state index contributed by atoms with van der Waals surface area (Å²) < 4.78 is 30.0. The summed E-state index contributed by atoms with van der Waals surface area (Å²) >= 11 is 6.81. The number of hydrogen-bond donors (Lipinski definition) is 4. The molecule has 0 unspecified atom stereocenters. The Balaban J connectivity index is 0.000000913. The number of benzene rings is 2. The smallest absolute Gasteiger partial charge is 0.290 e. The molecule has 0 radical (unpaired) electrons. The van der Waals surface area contributed by atoms with Gasteiger partial charge in [0.25, 0.3) is 16.5 Å². The second-order valence-corrected chi connectivity index (χ2v) is 10.1. The number of phenolic OH excluding ortho intramolecular Hbond substituents is 1. The maximum Gasteiger partial charge on any atom is 0.290 e. The lowest BCUT2D eigenvalue weighted by molar-refractivity contribution is -0.122. The van der Waals surface area contributed by atoms with Crippen LogP contribution in [0.3, 0.4) is 0 Å². The van der Waals surface area contributed by atoms with Gasteiger partial charge in [-0.15, -0.1) is 11.3 Å². The van der Waals surface area contributed by atoms with E-state index in [1.165, 1.54) is 18.2 Å². The van der Waals surface area contributed by atoms with Crippen LogP contribution in [0.25, 0.3) is 10.9 Å². The number of sulfonamides is 1. The zero-order valence-corrected chi connectivity index (χ0v) is 18.9. The van der Waals surface area contributed by atoms with E-state index in [0.717, 1.165) is 22.5 Å². The first-order chi connectivity index (χ1) is 15.3. The Morgan fingerprint density at radius 1 is 1.16 bits per heavy atom. The predicted octanol–water partition coefficient (Wildman–Crippen LogP) is 3.47. The highest BCUT2D eigenvalue weighted by Crippen LogP contribution is 2.34. The van der Waals surface area contributed by atoms with E-state index in [-0.39, 0.29) is 22.2 Å². The fourth-order valence-corrected chi connectivity index (χ4v) is 5.54. The third-order valence-corrected chi connectivity index (χ3v) is 7.42. The van der Waals surface area contributed by atoms with E-state index in [4.69, 9.17) is 27.2 Å². The number of fused-ring (bicyclic) bond motifs is 1. The molecule has 32 heavy (non-hydrogen) atoms. The maximum atomic E-state index is 12.7. The van der Waals surface area contributed by atoms with E-state index >= 15 is 0 Å². The van der Waals surface area contributed by atoms with Gasteiger partial charge in [-0.2, -0.15) is 5.10 Å². The van der Waals surface area contributed by atoms with Crippen LogP contribution in [0, 0.1) is 0 Å². The summed E-state index contributed by atoms with van der Waals surface area (Å²) in [7, 11) is -3.89. The van der Waals surface area contributed by atoms with Crippen molar-refractivity contribution >= 4 is 56.2 Å². The molecule has 12 heteroatoms. The highest BCUT2D eigenvalue weighted by Gasteiger charge is 2.22. The fraction of sp³-hybridized carbons (Fsp3) is 0.100. The molecule has 4 rings (SSSR count). The van der Waals surface area contributed by atoms with E-state index in [0.29, 0.717) is 28.3 Å². The summed E-state index contributed by atoms with van der Waals surface area (Å²) in [4.78, 5) is 8.36. The number of halogens is 1. The van der Waals surface area contributed by atoms with Crippen LogP contribution in [0.15, 0.2) is 58.8 Å². The monoisotopic (exact) mass is 494 g/mol. The molecule has 0 saturated heterocycles. The average molecular weight is 495 g/mol. The second-order valence-electron chi connectivity index (χ2n) is 6.47. The maximum absolute atomic E-state index is 12.7. The number of carbonyl (C=O) groups is 1. The molecule has 0 aliphatic heterocycles. The third kappa shape index (κ3) is 5.19. The Labute approximate surface area is 192 Å². The number of nitrogens with zero attached hydrogens (tertiary/aromatic N) is 2. The van der Waals surface area contributed by atoms with Gasteiger partial charge >= 0.3 is 0 Å². The molecule has 0 aliphatic rings. The summed E-state index contributed by atoms with van der Waals surface area (Å²) in [6.45, 7) is 0.559. The molecule has 0 bridgehead atoms. The minimum Gasteiger partial charge on any atom is -0.507 e. The number of phenols is 1. The molecule has 0 atom stereocenters. The van der Waals surface area contributed by atoms with Crippen LogP contribution in [0.5, 0.6) is 5.75 Å². The van der Waals surface area contributed by atoms with Crippen molar-refractivity contribution in [2.45, 2.75) is 17.3 Å². The van der Waals surface area contributed by atoms with Crippen LogP contribution in [0.1, 0.15) is 11.1 Å². The first-order valence-corrected chi connectivity index (χ1v) is 11.8. The minimum atomic E-state index is -3.89. The van der Waals surface area contributed by atoms with Crippen LogP contribution in [0.4, 0.5) is 5.82 Å². The molecule has 2 aromatic carbocycles.